The second-order valence-electron chi connectivity index (χ2n) is 12.7. The maximum atomic E-state index is 14.1. The van der Waals surface area contributed by atoms with Gasteiger partial charge >= 0.3 is 5.97 Å². The van der Waals surface area contributed by atoms with Crippen molar-refractivity contribution in [1.82, 2.24) is 0 Å². The standard InChI is InChI=1S/C42H36Cl4N2O4/c1-47(2)29-17-13-25(14-18-29)33(27-9-7-11-31(21-27)50-5)23-42(36-35(41(49)52-42)37(43)39(45)40(46)38(36)44)24-34(28-10-8-12-32(22-28)51-6)26-15-19-30(20-16-26)48(3)4/h7-24H,1-6H3/b33-23-,34-24-. The van der Waals surface area contributed by atoms with Crippen LogP contribution in [-0.4, -0.2) is 48.4 Å². The molecule has 0 spiro atoms. The normalized spacial score (nSPS) is 15.6. The van der Waals surface area contributed by atoms with Crippen molar-refractivity contribution in [3.63, 3.8) is 0 Å². The summed E-state index contributed by atoms with van der Waals surface area (Å²) in [7, 11) is 11.2. The van der Waals surface area contributed by atoms with E-state index in [0.717, 1.165) is 44.8 Å². The highest BCUT2D eigenvalue weighted by Crippen LogP contribution is 2.53. The summed E-state index contributed by atoms with van der Waals surface area (Å²) in [6.45, 7) is 0. The number of esters is 1. The van der Waals surface area contributed by atoms with Crippen LogP contribution >= 0.6 is 46.4 Å². The van der Waals surface area contributed by atoms with Crippen molar-refractivity contribution in [1.29, 1.82) is 0 Å². The highest BCUT2D eigenvalue weighted by atomic mass is 35.5. The molecule has 1 heterocycles. The summed E-state index contributed by atoms with van der Waals surface area (Å²) >= 11 is 27.2. The predicted octanol–water partition coefficient (Wildman–Crippen LogP) is 11.1. The number of nitrogens with zero attached hydrogens (tertiary/aromatic N) is 2. The third kappa shape index (κ3) is 7.09. The van der Waals surface area contributed by atoms with Gasteiger partial charge in [0.1, 0.15) is 11.5 Å². The van der Waals surface area contributed by atoms with Gasteiger partial charge in [0, 0.05) is 45.1 Å². The van der Waals surface area contributed by atoms with E-state index in [1.165, 1.54) is 0 Å². The lowest BCUT2D eigenvalue weighted by atomic mass is 9.83. The van der Waals surface area contributed by atoms with E-state index in [1.807, 2.05) is 147 Å². The number of halogens is 4. The summed E-state index contributed by atoms with van der Waals surface area (Å²) in [5.74, 6) is 0.597. The van der Waals surface area contributed by atoms with Crippen molar-refractivity contribution in [2.24, 2.45) is 0 Å². The number of anilines is 2. The number of fused-ring (bicyclic) bond motifs is 1. The average molecular weight is 775 g/mol. The highest BCUT2D eigenvalue weighted by molar-refractivity contribution is 6.53. The third-order valence-corrected chi connectivity index (χ3v) is 10.8. The van der Waals surface area contributed by atoms with Gasteiger partial charge in [0.25, 0.3) is 0 Å². The van der Waals surface area contributed by atoms with Gasteiger partial charge in [-0.1, -0.05) is 94.9 Å². The molecule has 0 saturated carbocycles. The molecule has 0 aromatic heterocycles. The Morgan fingerprint density at radius 1 is 0.596 bits per heavy atom. The average Bonchev–Trinajstić information content (AvgIpc) is 3.45. The van der Waals surface area contributed by atoms with Crippen LogP contribution in [0, 0.1) is 0 Å². The molecule has 6 rings (SSSR count). The molecule has 0 atom stereocenters. The Bertz CT molecular complexity index is 2100. The first-order valence-corrected chi connectivity index (χ1v) is 17.8. The van der Waals surface area contributed by atoms with E-state index in [4.69, 9.17) is 60.6 Å². The van der Waals surface area contributed by atoms with Crippen molar-refractivity contribution >= 4 is 74.9 Å². The van der Waals surface area contributed by atoms with E-state index in [-0.39, 0.29) is 31.2 Å². The van der Waals surface area contributed by atoms with Gasteiger partial charge in [0.05, 0.1) is 39.9 Å². The summed E-state index contributed by atoms with van der Waals surface area (Å²) in [4.78, 5) is 18.1. The molecule has 10 heteroatoms. The van der Waals surface area contributed by atoms with Crippen LogP contribution < -0.4 is 19.3 Å². The minimum atomic E-state index is -1.65. The minimum absolute atomic E-state index is 0.00749. The second-order valence-corrected chi connectivity index (χ2v) is 14.2. The van der Waals surface area contributed by atoms with Gasteiger partial charge in [0.15, 0.2) is 5.60 Å². The fourth-order valence-electron chi connectivity index (χ4n) is 6.25. The molecular formula is C42H36Cl4N2O4. The Morgan fingerprint density at radius 2 is 1.02 bits per heavy atom. The molecule has 1 aliphatic heterocycles. The molecule has 0 unspecified atom stereocenters. The van der Waals surface area contributed by atoms with E-state index < -0.39 is 11.6 Å². The summed E-state index contributed by atoms with van der Waals surface area (Å²) in [6, 6.07) is 31.5. The van der Waals surface area contributed by atoms with Crippen molar-refractivity contribution in [3.05, 3.63) is 163 Å². The monoisotopic (exact) mass is 772 g/mol. The zero-order chi connectivity index (χ0) is 37.3. The highest BCUT2D eigenvalue weighted by Gasteiger charge is 2.48. The Morgan fingerprint density at radius 3 is 1.42 bits per heavy atom. The van der Waals surface area contributed by atoms with Crippen LogP contribution in [0.25, 0.3) is 11.1 Å². The van der Waals surface area contributed by atoms with Crippen molar-refractivity contribution < 1.29 is 19.0 Å². The Hall–Kier alpha value is -4.59. The summed E-state index contributed by atoms with van der Waals surface area (Å²) in [6.07, 6.45) is 3.77. The molecule has 0 fully saturated rings. The molecule has 5 aromatic rings. The molecule has 5 aromatic carbocycles. The van der Waals surface area contributed by atoms with Gasteiger partial charge in [-0.2, -0.15) is 0 Å². The zero-order valence-corrected chi connectivity index (χ0v) is 32.5. The summed E-state index contributed by atoms with van der Waals surface area (Å²) in [5, 5.41) is -0.0259. The number of hydrogen-bond acceptors (Lipinski definition) is 6. The fraction of sp³-hybridized carbons (Fsp3) is 0.167. The number of benzene rings is 5. The molecule has 0 N–H and O–H groups in total. The van der Waals surface area contributed by atoms with Gasteiger partial charge < -0.3 is 24.0 Å². The zero-order valence-electron chi connectivity index (χ0n) is 29.4. The lowest BCUT2D eigenvalue weighted by Crippen LogP contribution is -2.23. The van der Waals surface area contributed by atoms with Crippen LogP contribution in [0.5, 0.6) is 11.5 Å². The van der Waals surface area contributed by atoms with E-state index >= 15 is 0 Å². The van der Waals surface area contributed by atoms with Gasteiger partial charge in [-0.15, -0.1) is 0 Å². The molecule has 266 valence electrons. The van der Waals surface area contributed by atoms with Crippen LogP contribution in [0.1, 0.15) is 38.2 Å². The number of ether oxygens (including phenoxy) is 3. The van der Waals surface area contributed by atoms with Gasteiger partial charge in [-0.25, -0.2) is 4.79 Å². The van der Waals surface area contributed by atoms with E-state index in [9.17, 15) is 4.79 Å². The maximum Gasteiger partial charge on any atom is 0.341 e. The van der Waals surface area contributed by atoms with Crippen LogP contribution in [0.3, 0.4) is 0 Å². The number of carbonyl (C=O) groups is 1. The molecule has 0 aliphatic carbocycles. The van der Waals surface area contributed by atoms with Crippen LogP contribution in [0.4, 0.5) is 11.4 Å². The Balaban J connectivity index is 1.76. The number of cyclic esters (lactones) is 1. The molecular weight excluding hydrogens is 738 g/mol. The van der Waals surface area contributed by atoms with Gasteiger partial charge in [0.2, 0.25) is 0 Å². The molecule has 0 bridgehead atoms. The minimum Gasteiger partial charge on any atom is -0.497 e. The first kappa shape index (κ1) is 37.2. The number of methoxy groups -OCH3 is 2. The molecule has 0 amide bonds. The summed E-state index contributed by atoms with van der Waals surface area (Å²) < 4.78 is 17.8. The third-order valence-electron chi connectivity index (χ3n) is 8.99. The maximum absolute atomic E-state index is 14.1. The molecule has 52 heavy (non-hydrogen) atoms. The SMILES string of the molecule is COc1cccc(/C(=C\C2(/C=C(/c3ccc(N(C)C)cc3)c3cccc(OC)c3)OC(=O)c3c(Cl)c(Cl)c(Cl)c(Cl)c32)c2ccc(N(C)C)cc2)c1. The van der Waals surface area contributed by atoms with Crippen molar-refractivity contribution in [2.45, 2.75) is 5.60 Å². The number of rotatable bonds is 10. The van der Waals surface area contributed by atoms with E-state index in [2.05, 4.69) is 0 Å². The Kier molecular flexibility index (Phi) is 10.8. The van der Waals surface area contributed by atoms with Crippen molar-refractivity contribution in [3.8, 4) is 11.5 Å². The first-order valence-electron chi connectivity index (χ1n) is 16.3. The topological polar surface area (TPSA) is 51.2 Å². The van der Waals surface area contributed by atoms with E-state index in [0.29, 0.717) is 11.5 Å². The van der Waals surface area contributed by atoms with Gasteiger partial charge in [-0.05, 0) is 94.1 Å². The molecule has 0 saturated heterocycles. The number of hydrogen-bond donors (Lipinski definition) is 0. The van der Waals surface area contributed by atoms with Crippen LogP contribution in [0.15, 0.2) is 109 Å². The lowest BCUT2D eigenvalue weighted by molar-refractivity contribution is 0.0300. The quantitative estimate of drug-likeness (QED) is 0.0800. The fourth-order valence-corrected chi connectivity index (χ4v) is 7.32. The largest absolute Gasteiger partial charge is 0.497 e. The van der Waals surface area contributed by atoms with E-state index in [1.54, 1.807) is 14.2 Å². The smallest absolute Gasteiger partial charge is 0.341 e. The molecule has 6 nitrogen and oxygen atoms in total. The summed E-state index contributed by atoms with van der Waals surface area (Å²) in [5.41, 5.74) is 5.43. The first-order chi connectivity index (χ1) is 24.9. The lowest BCUT2D eigenvalue weighted by Gasteiger charge is -2.27. The van der Waals surface area contributed by atoms with Crippen LogP contribution in [0.2, 0.25) is 20.1 Å². The van der Waals surface area contributed by atoms with Crippen LogP contribution in [-0.2, 0) is 10.3 Å². The van der Waals surface area contributed by atoms with Gasteiger partial charge in [-0.3, -0.25) is 0 Å². The van der Waals surface area contributed by atoms with Crippen molar-refractivity contribution in [2.75, 3.05) is 52.2 Å². The molecule has 0 radical (unpaired) electrons. The predicted molar refractivity (Wildman–Crippen MR) is 215 cm³/mol. The second kappa shape index (κ2) is 15.2. The molecule has 1 aliphatic rings. The number of carbonyl (C=O) groups excluding carboxylic acids is 1. The Labute approximate surface area is 324 Å².